The topological polar surface area (TPSA) is 58.9 Å². The summed E-state index contributed by atoms with van der Waals surface area (Å²) in [5.41, 5.74) is 2.25. The van der Waals surface area contributed by atoms with Crippen LogP contribution in [0.25, 0.3) is 0 Å². The van der Waals surface area contributed by atoms with Gasteiger partial charge in [-0.25, -0.2) is 0 Å². The van der Waals surface area contributed by atoms with E-state index >= 15 is 0 Å². The molecule has 1 heterocycles. The van der Waals surface area contributed by atoms with Crippen LogP contribution in [-0.4, -0.2) is 23.4 Å². The number of hydrogen-bond donors (Lipinski definition) is 2. The summed E-state index contributed by atoms with van der Waals surface area (Å²) in [5.74, 6) is 0.702. The Morgan fingerprint density at radius 2 is 2.19 bits per heavy atom. The number of phenolic OH excluding ortho intramolecular Hbond substituents is 1. The number of benzene rings is 1. The van der Waals surface area contributed by atoms with Crippen LogP contribution < -0.4 is 4.74 Å². The molecule has 0 saturated carbocycles. The second kappa shape index (κ2) is 3.96. The van der Waals surface area contributed by atoms with Crippen LogP contribution in [0.4, 0.5) is 0 Å². The van der Waals surface area contributed by atoms with E-state index in [9.17, 15) is 10.2 Å². The molecule has 4 heteroatoms. The molecule has 16 heavy (non-hydrogen) atoms. The molecule has 2 atom stereocenters. The minimum Gasteiger partial charge on any atom is -0.508 e. The minimum atomic E-state index is -0.718. The average molecular weight is 224 g/mol. The molecular weight excluding hydrogens is 208 g/mol. The third-order valence-electron chi connectivity index (χ3n) is 3.13. The Balaban J connectivity index is 2.64. The third-order valence-corrected chi connectivity index (χ3v) is 3.13. The quantitative estimate of drug-likeness (QED) is 0.761. The monoisotopic (exact) mass is 224 g/mol. The third kappa shape index (κ3) is 1.54. The molecule has 4 nitrogen and oxygen atoms in total. The number of hydrogen-bond acceptors (Lipinski definition) is 4. The predicted octanol–water partition coefficient (Wildman–Crippen LogP) is 1.66. The minimum absolute atomic E-state index is 0.142. The fourth-order valence-electron chi connectivity index (χ4n) is 2.09. The van der Waals surface area contributed by atoms with Crippen molar-refractivity contribution < 1.29 is 19.7 Å². The van der Waals surface area contributed by atoms with Gasteiger partial charge in [-0.3, -0.25) is 0 Å². The lowest BCUT2D eigenvalue weighted by Gasteiger charge is -2.30. The van der Waals surface area contributed by atoms with Gasteiger partial charge < -0.3 is 19.7 Å². The Morgan fingerprint density at radius 3 is 2.81 bits per heavy atom. The Morgan fingerprint density at radius 1 is 1.50 bits per heavy atom. The zero-order chi connectivity index (χ0) is 11.9. The van der Waals surface area contributed by atoms with Gasteiger partial charge in [0, 0.05) is 11.6 Å². The lowest BCUT2D eigenvalue weighted by molar-refractivity contribution is -0.0536. The zero-order valence-corrected chi connectivity index (χ0v) is 9.65. The van der Waals surface area contributed by atoms with Crippen LogP contribution in [-0.2, 0) is 11.3 Å². The van der Waals surface area contributed by atoms with Gasteiger partial charge >= 0.3 is 0 Å². The molecule has 1 aliphatic rings. The highest BCUT2D eigenvalue weighted by Gasteiger charge is 2.30. The van der Waals surface area contributed by atoms with Crippen molar-refractivity contribution in [2.45, 2.75) is 32.7 Å². The molecule has 1 aromatic carbocycles. The molecule has 2 rings (SSSR count). The molecule has 0 radical (unpaired) electrons. The van der Waals surface area contributed by atoms with Crippen molar-refractivity contribution in [1.29, 1.82) is 0 Å². The molecule has 0 unspecified atom stereocenters. The summed E-state index contributed by atoms with van der Waals surface area (Å²) in [6.45, 7) is 4.00. The van der Waals surface area contributed by atoms with Crippen LogP contribution in [0.1, 0.15) is 29.7 Å². The van der Waals surface area contributed by atoms with Gasteiger partial charge in [0.15, 0.2) is 0 Å². The number of ether oxygens (including phenoxy) is 2. The van der Waals surface area contributed by atoms with Gasteiger partial charge in [0.1, 0.15) is 17.6 Å². The molecule has 88 valence electrons. The van der Waals surface area contributed by atoms with Crippen LogP contribution in [0.2, 0.25) is 0 Å². The highest BCUT2D eigenvalue weighted by molar-refractivity contribution is 5.53. The number of aliphatic hydroxyl groups is 1. The Labute approximate surface area is 94.4 Å². The van der Waals surface area contributed by atoms with Gasteiger partial charge in [0.2, 0.25) is 0 Å². The number of aliphatic hydroxyl groups excluding tert-OH is 1. The summed E-state index contributed by atoms with van der Waals surface area (Å²) in [6.07, 6.45) is -0.984. The molecule has 1 aromatic rings. The molecule has 0 aromatic heterocycles. The lowest BCUT2D eigenvalue weighted by Crippen LogP contribution is -2.26. The van der Waals surface area contributed by atoms with E-state index in [-0.39, 0.29) is 11.9 Å². The van der Waals surface area contributed by atoms with E-state index in [0.717, 1.165) is 11.1 Å². The highest BCUT2D eigenvalue weighted by atomic mass is 16.5. The van der Waals surface area contributed by atoms with E-state index in [4.69, 9.17) is 9.47 Å². The number of aromatic hydroxyl groups is 1. The smallest absolute Gasteiger partial charge is 0.128 e. The maximum atomic E-state index is 10.1. The molecule has 0 fully saturated rings. The molecule has 0 saturated heterocycles. The highest BCUT2D eigenvalue weighted by Crippen LogP contribution is 2.40. The van der Waals surface area contributed by atoms with Gasteiger partial charge in [0.25, 0.3) is 0 Å². The van der Waals surface area contributed by atoms with E-state index in [2.05, 4.69) is 0 Å². The van der Waals surface area contributed by atoms with Gasteiger partial charge in [0.05, 0.1) is 19.8 Å². The first-order valence-electron chi connectivity index (χ1n) is 5.25. The Kier molecular flexibility index (Phi) is 2.78. The molecule has 0 amide bonds. The van der Waals surface area contributed by atoms with E-state index in [0.29, 0.717) is 17.9 Å². The summed E-state index contributed by atoms with van der Waals surface area (Å²) in [5, 5.41) is 19.8. The fraction of sp³-hybridized carbons (Fsp3) is 0.500. The summed E-state index contributed by atoms with van der Waals surface area (Å²) in [7, 11) is 1.54. The van der Waals surface area contributed by atoms with Crippen molar-refractivity contribution in [1.82, 2.24) is 0 Å². The maximum absolute atomic E-state index is 10.1. The van der Waals surface area contributed by atoms with E-state index in [1.165, 1.54) is 7.11 Å². The number of phenols is 1. The first-order chi connectivity index (χ1) is 7.56. The van der Waals surface area contributed by atoms with Crippen molar-refractivity contribution >= 4 is 0 Å². The summed E-state index contributed by atoms with van der Waals surface area (Å²) < 4.78 is 10.6. The first kappa shape index (κ1) is 11.2. The van der Waals surface area contributed by atoms with Gasteiger partial charge in [-0.05, 0) is 25.0 Å². The van der Waals surface area contributed by atoms with Crippen LogP contribution >= 0.6 is 0 Å². The van der Waals surface area contributed by atoms with Crippen LogP contribution in [0.5, 0.6) is 11.5 Å². The standard InChI is InChI=1S/C12H16O4/c1-6-9(13)4-10(15-3)8-5-16-7(2)12(14)11(6)8/h4,7,12-14H,5H2,1-3H3/t7-,12-/m0/s1. The maximum Gasteiger partial charge on any atom is 0.128 e. The molecule has 0 bridgehead atoms. The largest absolute Gasteiger partial charge is 0.508 e. The molecule has 1 aliphatic heterocycles. The zero-order valence-electron chi connectivity index (χ0n) is 9.65. The molecule has 0 spiro atoms. The normalized spacial score (nSPS) is 24.0. The summed E-state index contributed by atoms with van der Waals surface area (Å²) >= 11 is 0. The molecule has 2 N–H and O–H groups in total. The predicted molar refractivity (Wildman–Crippen MR) is 58.6 cm³/mol. The van der Waals surface area contributed by atoms with Gasteiger partial charge in [-0.1, -0.05) is 0 Å². The number of methoxy groups -OCH3 is 1. The molecule has 0 aliphatic carbocycles. The Bertz CT molecular complexity index is 414. The van der Waals surface area contributed by atoms with E-state index in [1.54, 1.807) is 13.0 Å². The van der Waals surface area contributed by atoms with E-state index < -0.39 is 6.10 Å². The van der Waals surface area contributed by atoms with Crippen molar-refractivity contribution in [3.05, 3.63) is 22.8 Å². The lowest BCUT2D eigenvalue weighted by atomic mass is 9.91. The van der Waals surface area contributed by atoms with Crippen molar-refractivity contribution in [3.8, 4) is 11.5 Å². The Hall–Kier alpha value is -1.26. The van der Waals surface area contributed by atoms with Crippen LogP contribution in [0.15, 0.2) is 6.07 Å². The van der Waals surface area contributed by atoms with Crippen molar-refractivity contribution in [3.63, 3.8) is 0 Å². The van der Waals surface area contributed by atoms with Crippen LogP contribution in [0, 0.1) is 6.92 Å². The summed E-state index contributed by atoms with van der Waals surface area (Å²) in [4.78, 5) is 0. The van der Waals surface area contributed by atoms with E-state index in [1.807, 2.05) is 6.92 Å². The van der Waals surface area contributed by atoms with Gasteiger partial charge in [-0.15, -0.1) is 0 Å². The van der Waals surface area contributed by atoms with Crippen LogP contribution in [0.3, 0.4) is 0 Å². The number of fused-ring (bicyclic) bond motifs is 1. The van der Waals surface area contributed by atoms with Gasteiger partial charge in [-0.2, -0.15) is 0 Å². The van der Waals surface area contributed by atoms with Crippen molar-refractivity contribution in [2.75, 3.05) is 7.11 Å². The summed E-state index contributed by atoms with van der Waals surface area (Å²) in [6, 6.07) is 1.56. The second-order valence-corrected chi connectivity index (χ2v) is 4.08. The van der Waals surface area contributed by atoms with Crippen molar-refractivity contribution in [2.24, 2.45) is 0 Å². The number of rotatable bonds is 1. The molecular formula is C12H16O4. The average Bonchev–Trinajstić information content (AvgIpc) is 2.27. The second-order valence-electron chi connectivity index (χ2n) is 4.08. The SMILES string of the molecule is COc1cc(O)c(C)c2c1CO[C@@H](C)[C@@H]2O. The first-order valence-corrected chi connectivity index (χ1v) is 5.25. The fourth-order valence-corrected chi connectivity index (χ4v) is 2.09.